The van der Waals surface area contributed by atoms with Crippen molar-refractivity contribution in [3.05, 3.63) is 82.9 Å². The number of amides is 1. The van der Waals surface area contributed by atoms with Gasteiger partial charge in [-0.1, -0.05) is 83.5 Å². The Bertz CT molecular complexity index is 1380. The number of sulfone groups is 1. The number of aromatic hydroxyl groups is 1. The van der Waals surface area contributed by atoms with Crippen molar-refractivity contribution < 1.29 is 18.3 Å². The SMILES string of the molecule is CCC(CNc1cc(O)c(NC(=O)c2ccccc2)cc1Cl)S(=O)(=O)c1ccc(C(C)(C)C(C)(C)C)cc1. The van der Waals surface area contributed by atoms with Gasteiger partial charge in [0, 0.05) is 18.2 Å². The molecule has 204 valence electrons. The Morgan fingerprint density at radius 2 is 1.55 bits per heavy atom. The van der Waals surface area contributed by atoms with Gasteiger partial charge in [-0.25, -0.2) is 8.42 Å². The molecule has 3 aromatic carbocycles. The van der Waals surface area contributed by atoms with Crippen molar-refractivity contribution in [3.63, 3.8) is 0 Å². The highest BCUT2D eigenvalue weighted by molar-refractivity contribution is 7.92. The summed E-state index contributed by atoms with van der Waals surface area (Å²) in [6, 6.07) is 18.6. The van der Waals surface area contributed by atoms with Crippen LogP contribution in [0, 0.1) is 5.41 Å². The van der Waals surface area contributed by atoms with Crippen molar-refractivity contribution in [2.45, 2.75) is 63.5 Å². The number of phenols is 1. The summed E-state index contributed by atoms with van der Waals surface area (Å²) in [7, 11) is -3.62. The summed E-state index contributed by atoms with van der Waals surface area (Å²) in [6.07, 6.45) is 0.388. The lowest BCUT2D eigenvalue weighted by molar-refractivity contribution is 0.102. The molecule has 0 aliphatic rings. The van der Waals surface area contributed by atoms with E-state index in [9.17, 15) is 18.3 Å². The molecule has 0 aliphatic carbocycles. The molecule has 0 bridgehead atoms. The van der Waals surface area contributed by atoms with E-state index in [1.54, 1.807) is 42.5 Å². The van der Waals surface area contributed by atoms with Crippen LogP contribution in [0.4, 0.5) is 11.4 Å². The quantitative estimate of drug-likeness (QED) is 0.241. The van der Waals surface area contributed by atoms with E-state index in [0.717, 1.165) is 5.56 Å². The van der Waals surface area contributed by atoms with Crippen LogP contribution in [0.1, 0.15) is 63.9 Å². The zero-order valence-electron chi connectivity index (χ0n) is 22.8. The monoisotopic (exact) mass is 556 g/mol. The Hall–Kier alpha value is -3.03. The molecule has 3 aromatic rings. The van der Waals surface area contributed by atoms with E-state index in [1.807, 2.05) is 19.1 Å². The van der Waals surface area contributed by atoms with Crippen molar-refractivity contribution >= 4 is 38.7 Å². The number of benzene rings is 3. The number of phenolic OH excluding ortho intramolecular Hbond substituents is 1. The van der Waals surface area contributed by atoms with E-state index in [-0.39, 0.29) is 44.6 Å². The maximum Gasteiger partial charge on any atom is 0.255 e. The molecule has 0 saturated carbocycles. The summed E-state index contributed by atoms with van der Waals surface area (Å²) in [5.41, 5.74) is 1.93. The standard InChI is InChI=1S/C30H37ClN2O4S/c1-7-22(38(36,37)23-15-13-21(14-16-23)30(5,6)29(2,3)4)19-32-25-18-27(34)26(17-24(25)31)33-28(35)20-11-9-8-10-12-20/h8-18,22,32,34H,7,19H2,1-6H3,(H,33,35). The van der Waals surface area contributed by atoms with Gasteiger partial charge in [0.05, 0.1) is 26.5 Å². The first-order valence-electron chi connectivity index (χ1n) is 12.7. The average molecular weight is 557 g/mol. The molecule has 0 aliphatic heterocycles. The van der Waals surface area contributed by atoms with Crippen molar-refractivity contribution in [1.29, 1.82) is 0 Å². The molecule has 0 fully saturated rings. The Balaban J connectivity index is 1.75. The van der Waals surface area contributed by atoms with E-state index < -0.39 is 15.1 Å². The number of hydrogen-bond donors (Lipinski definition) is 3. The van der Waals surface area contributed by atoms with E-state index in [2.05, 4.69) is 45.3 Å². The molecule has 1 unspecified atom stereocenters. The fraction of sp³-hybridized carbons (Fsp3) is 0.367. The maximum absolute atomic E-state index is 13.4. The normalized spacial score (nSPS) is 13.1. The van der Waals surface area contributed by atoms with Crippen LogP contribution < -0.4 is 10.6 Å². The lowest BCUT2D eigenvalue weighted by Crippen LogP contribution is -2.34. The van der Waals surface area contributed by atoms with E-state index in [0.29, 0.717) is 17.7 Å². The molecule has 1 amide bonds. The van der Waals surface area contributed by atoms with Crippen molar-refractivity contribution in [1.82, 2.24) is 0 Å². The largest absolute Gasteiger partial charge is 0.506 e. The van der Waals surface area contributed by atoms with Crippen LogP contribution >= 0.6 is 11.6 Å². The summed E-state index contributed by atoms with van der Waals surface area (Å²) in [6.45, 7) is 12.8. The zero-order chi connectivity index (χ0) is 28.3. The van der Waals surface area contributed by atoms with Crippen LogP contribution in [-0.4, -0.2) is 31.2 Å². The molecule has 0 heterocycles. The number of carbonyl (C=O) groups excluding carboxylic acids is 1. The lowest BCUT2D eigenvalue weighted by Gasteiger charge is -2.39. The smallest absolute Gasteiger partial charge is 0.255 e. The summed E-state index contributed by atoms with van der Waals surface area (Å²) >= 11 is 6.41. The predicted octanol–water partition coefficient (Wildman–Crippen LogP) is 7.29. The highest BCUT2D eigenvalue weighted by Crippen LogP contribution is 2.41. The molecule has 38 heavy (non-hydrogen) atoms. The van der Waals surface area contributed by atoms with Crippen molar-refractivity contribution in [3.8, 4) is 5.75 Å². The number of hydrogen-bond acceptors (Lipinski definition) is 5. The molecule has 8 heteroatoms. The second-order valence-corrected chi connectivity index (χ2v) is 13.7. The van der Waals surface area contributed by atoms with Crippen LogP contribution in [0.15, 0.2) is 71.6 Å². The van der Waals surface area contributed by atoms with Gasteiger partial charge < -0.3 is 15.7 Å². The van der Waals surface area contributed by atoms with Gasteiger partial charge in [-0.2, -0.15) is 0 Å². The minimum Gasteiger partial charge on any atom is -0.506 e. The molecular weight excluding hydrogens is 520 g/mol. The maximum atomic E-state index is 13.4. The van der Waals surface area contributed by atoms with Gasteiger partial charge in [0.2, 0.25) is 0 Å². The van der Waals surface area contributed by atoms with Crippen LogP contribution in [0.2, 0.25) is 5.02 Å². The minimum atomic E-state index is -3.62. The van der Waals surface area contributed by atoms with E-state index in [4.69, 9.17) is 11.6 Å². The first-order chi connectivity index (χ1) is 17.7. The van der Waals surface area contributed by atoms with Gasteiger partial charge in [0.15, 0.2) is 9.84 Å². The van der Waals surface area contributed by atoms with E-state index in [1.165, 1.54) is 12.1 Å². The van der Waals surface area contributed by atoms with Gasteiger partial charge >= 0.3 is 0 Å². The molecular formula is C30H37ClN2O4S. The number of nitrogens with one attached hydrogen (secondary N) is 2. The van der Waals surface area contributed by atoms with Crippen LogP contribution in [0.5, 0.6) is 5.75 Å². The fourth-order valence-corrected chi connectivity index (χ4v) is 5.84. The van der Waals surface area contributed by atoms with Gasteiger partial charge in [-0.3, -0.25) is 4.79 Å². The van der Waals surface area contributed by atoms with Crippen molar-refractivity contribution in [2.75, 3.05) is 17.2 Å². The third-order valence-corrected chi connectivity index (χ3v) is 10.2. The summed E-state index contributed by atoms with van der Waals surface area (Å²) < 4.78 is 26.9. The first kappa shape index (κ1) is 29.5. The molecule has 0 saturated heterocycles. The molecule has 6 nitrogen and oxygen atoms in total. The van der Waals surface area contributed by atoms with Crippen LogP contribution in [0.3, 0.4) is 0 Å². The molecule has 1 atom stereocenters. The third kappa shape index (κ3) is 6.33. The highest BCUT2D eigenvalue weighted by atomic mass is 35.5. The Morgan fingerprint density at radius 3 is 2.11 bits per heavy atom. The van der Waals surface area contributed by atoms with Gasteiger partial charge in [-0.15, -0.1) is 0 Å². The second-order valence-electron chi connectivity index (χ2n) is 11.0. The van der Waals surface area contributed by atoms with Crippen LogP contribution in [0.25, 0.3) is 0 Å². The van der Waals surface area contributed by atoms with Crippen LogP contribution in [-0.2, 0) is 15.3 Å². The Kier molecular flexibility index (Phi) is 8.84. The minimum absolute atomic E-state index is 0.00793. The van der Waals surface area contributed by atoms with Gasteiger partial charge in [0.1, 0.15) is 5.75 Å². The van der Waals surface area contributed by atoms with Gasteiger partial charge in [0.25, 0.3) is 5.91 Å². The number of halogens is 1. The fourth-order valence-electron chi connectivity index (χ4n) is 3.97. The third-order valence-electron chi connectivity index (χ3n) is 7.56. The average Bonchev–Trinajstić information content (AvgIpc) is 2.86. The summed E-state index contributed by atoms with van der Waals surface area (Å²) in [4.78, 5) is 12.7. The molecule has 3 N–H and O–H groups in total. The Labute approximate surface area is 231 Å². The predicted molar refractivity (Wildman–Crippen MR) is 156 cm³/mol. The topological polar surface area (TPSA) is 95.5 Å². The lowest BCUT2D eigenvalue weighted by atomic mass is 9.65. The molecule has 0 radical (unpaired) electrons. The van der Waals surface area contributed by atoms with Crippen molar-refractivity contribution in [2.24, 2.45) is 5.41 Å². The second kappa shape index (κ2) is 11.4. The summed E-state index contributed by atoms with van der Waals surface area (Å²) in [5.74, 6) is -0.569. The van der Waals surface area contributed by atoms with E-state index >= 15 is 0 Å². The van der Waals surface area contributed by atoms with Gasteiger partial charge in [-0.05, 0) is 53.1 Å². The molecule has 0 aromatic heterocycles. The number of carbonyl (C=O) groups is 1. The first-order valence-corrected chi connectivity index (χ1v) is 14.6. The summed E-state index contributed by atoms with van der Waals surface area (Å²) in [5, 5.41) is 15.7. The molecule has 0 spiro atoms. The zero-order valence-corrected chi connectivity index (χ0v) is 24.4. The Morgan fingerprint density at radius 1 is 0.947 bits per heavy atom. The molecule has 3 rings (SSSR count). The number of rotatable bonds is 9. The highest BCUT2D eigenvalue weighted by Gasteiger charge is 2.35. The number of anilines is 2.